The van der Waals surface area contributed by atoms with Crippen LogP contribution in [0.1, 0.15) is 24.5 Å². The minimum atomic E-state index is -1.00. The summed E-state index contributed by atoms with van der Waals surface area (Å²) < 4.78 is 0. The van der Waals surface area contributed by atoms with E-state index in [0.29, 0.717) is 6.54 Å². The Morgan fingerprint density at radius 2 is 2.20 bits per heavy atom. The molecular formula is C15H20N2O3. The van der Waals surface area contributed by atoms with Crippen molar-refractivity contribution in [2.45, 2.75) is 32.7 Å². The summed E-state index contributed by atoms with van der Waals surface area (Å²) in [4.78, 5) is 24.4. The summed E-state index contributed by atoms with van der Waals surface area (Å²) in [6, 6.07) is 5.34. The number of anilines is 1. The summed E-state index contributed by atoms with van der Waals surface area (Å²) in [6.07, 6.45) is 2.02. The molecule has 20 heavy (non-hydrogen) atoms. The zero-order valence-electron chi connectivity index (χ0n) is 11.8. The van der Waals surface area contributed by atoms with E-state index < -0.39 is 12.0 Å². The average Bonchev–Trinajstić information content (AvgIpc) is 2.37. The maximum atomic E-state index is 11.2. The van der Waals surface area contributed by atoms with E-state index >= 15 is 0 Å². The van der Waals surface area contributed by atoms with Gasteiger partial charge < -0.3 is 15.3 Å². The van der Waals surface area contributed by atoms with Crippen molar-refractivity contribution in [3.8, 4) is 0 Å². The van der Waals surface area contributed by atoms with Gasteiger partial charge in [0.25, 0.3) is 0 Å². The lowest BCUT2D eigenvalue weighted by Gasteiger charge is -2.33. The number of hydrogen-bond acceptors (Lipinski definition) is 3. The summed E-state index contributed by atoms with van der Waals surface area (Å²) in [5.74, 6) is -1.32. The third kappa shape index (κ3) is 3.29. The third-order valence-electron chi connectivity index (χ3n) is 3.53. The van der Waals surface area contributed by atoms with Crippen LogP contribution in [0, 0.1) is 6.92 Å². The first kappa shape index (κ1) is 14.4. The van der Waals surface area contributed by atoms with Crippen LogP contribution in [0.4, 0.5) is 5.69 Å². The number of rotatable bonds is 4. The minimum absolute atomic E-state index is 0.297. The Bertz CT molecular complexity index is 528. The largest absolute Gasteiger partial charge is 0.480 e. The first-order chi connectivity index (χ1) is 9.47. The number of nitrogens with zero attached hydrogens (tertiary/aromatic N) is 1. The zero-order valence-corrected chi connectivity index (χ0v) is 11.8. The van der Waals surface area contributed by atoms with Gasteiger partial charge in [0.1, 0.15) is 6.04 Å². The first-order valence-electron chi connectivity index (χ1n) is 6.82. The van der Waals surface area contributed by atoms with Gasteiger partial charge in [0, 0.05) is 25.7 Å². The molecule has 0 radical (unpaired) electrons. The standard InChI is InChI=1S/C15H20N2O3/c1-10-5-6-14-12(8-10)4-3-7-17(14)9-13(15(19)20)16-11(2)18/h5-6,8,13H,3-4,7,9H2,1-2H3,(H,16,18)(H,19,20). The molecule has 5 nitrogen and oxygen atoms in total. The van der Waals surface area contributed by atoms with Crippen LogP contribution < -0.4 is 10.2 Å². The second-order valence-electron chi connectivity index (χ2n) is 5.27. The van der Waals surface area contributed by atoms with Crippen LogP contribution in [-0.2, 0) is 16.0 Å². The molecule has 108 valence electrons. The molecule has 0 saturated carbocycles. The SMILES string of the molecule is CC(=O)NC(CN1CCCc2cc(C)ccc21)C(=O)O. The third-order valence-corrected chi connectivity index (χ3v) is 3.53. The molecule has 1 aromatic carbocycles. The highest BCUT2D eigenvalue weighted by atomic mass is 16.4. The van der Waals surface area contributed by atoms with Gasteiger partial charge in [-0.25, -0.2) is 4.79 Å². The second kappa shape index (κ2) is 5.94. The fraction of sp³-hybridized carbons (Fsp3) is 0.467. The molecule has 1 unspecified atom stereocenters. The van der Waals surface area contributed by atoms with Gasteiger partial charge in [-0.15, -0.1) is 0 Å². The van der Waals surface area contributed by atoms with E-state index in [9.17, 15) is 14.7 Å². The molecule has 1 atom stereocenters. The van der Waals surface area contributed by atoms with Crippen LogP contribution in [0.2, 0.25) is 0 Å². The smallest absolute Gasteiger partial charge is 0.328 e. The molecule has 1 aliphatic heterocycles. The molecule has 0 fully saturated rings. The van der Waals surface area contributed by atoms with Gasteiger partial charge in [-0.05, 0) is 31.4 Å². The van der Waals surface area contributed by atoms with Crippen LogP contribution in [0.25, 0.3) is 0 Å². The predicted octanol–water partition coefficient (Wildman–Crippen LogP) is 1.34. The highest BCUT2D eigenvalue weighted by molar-refractivity contribution is 5.82. The van der Waals surface area contributed by atoms with E-state index in [1.165, 1.54) is 18.1 Å². The molecule has 0 aliphatic carbocycles. The van der Waals surface area contributed by atoms with Crippen LogP contribution >= 0.6 is 0 Å². The van der Waals surface area contributed by atoms with Gasteiger partial charge in [-0.1, -0.05) is 17.7 Å². The maximum absolute atomic E-state index is 11.2. The van der Waals surface area contributed by atoms with E-state index in [0.717, 1.165) is 25.1 Å². The zero-order chi connectivity index (χ0) is 14.7. The molecule has 5 heteroatoms. The number of carboxylic acid groups (broad SMARTS) is 1. The average molecular weight is 276 g/mol. The molecule has 2 N–H and O–H groups in total. The van der Waals surface area contributed by atoms with Gasteiger partial charge >= 0.3 is 5.97 Å². The lowest BCUT2D eigenvalue weighted by atomic mass is 9.99. The number of benzene rings is 1. The highest BCUT2D eigenvalue weighted by Gasteiger charge is 2.25. The van der Waals surface area contributed by atoms with Gasteiger partial charge in [0.2, 0.25) is 5.91 Å². The Labute approximate surface area is 118 Å². The van der Waals surface area contributed by atoms with E-state index in [-0.39, 0.29) is 5.91 Å². The lowest BCUT2D eigenvalue weighted by Crippen LogP contribution is -2.49. The summed E-state index contributed by atoms with van der Waals surface area (Å²) in [7, 11) is 0. The van der Waals surface area contributed by atoms with Crippen LogP contribution in [0.5, 0.6) is 0 Å². The number of nitrogens with one attached hydrogen (secondary N) is 1. The second-order valence-corrected chi connectivity index (χ2v) is 5.27. The van der Waals surface area contributed by atoms with E-state index in [4.69, 9.17) is 0 Å². The number of hydrogen-bond donors (Lipinski definition) is 2. The van der Waals surface area contributed by atoms with E-state index in [2.05, 4.69) is 18.3 Å². The van der Waals surface area contributed by atoms with Crippen molar-refractivity contribution in [3.63, 3.8) is 0 Å². The molecule has 1 aromatic rings. The van der Waals surface area contributed by atoms with Crippen LogP contribution in [0.15, 0.2) is 18.2 Å². The highest BCUT2D eigenvalue weighted by Crippen LogP contribution is 2.27. The van der Waals surface area contributed by atoms with Gasteiger partial charge in [0.15, 0.2) is 0 Å². The predicted molar refractivity (Wildman–Crippen MR) is 77.0 cm³/mol. The number of carbonyl (C=O) groups is 2. The summed E-state index contributed by atoms with van der Waals surface area (Å²) >= 11 is 0. The Balaban J connectivity index is 2.18. The molecule has 1 heterocycles. The quantitative estimate of drug-likeness (QED) is 0.870. The Hall–Kier alpha value is -2.04. The molecule has 1 aliphatic rings. The summed E-state index contributed by atoms with van der Waals surface area (Å²) in [5.41, 5.74) is 3.55. The molecular weight excluding hydrogens is 256 g/mol. The van der Waals surface area contributed by atoms with Crippen LogP contribution in [-0.4, -0.2) is 36.1 Å². The van der Waals surface area contributed by atoms with Crippen molar-refractivity contribution < 1.29 is 14.7 Å². The van der Waals surface area contributed by atoms with Crippen molar-refractivity contribution in [3.05, 3.63) is 29.3 Å². The van der Waals surface area contributed by atoms with Crippen molar-refractivity contribution in [1.29, 1.82) is 0 Å². The fourth-order valence-electron chi connectivity index (χ4n) is 2.64. The first-order valence-corrected chi connectivity index (χ1v) is 6.82. The van der Waals surface area contributed by atoms with Crippen molar-refractivity contribution in [1.82, 2.24) is 5.32 Å². The Kier molecular flexibility index (Phi) is 4.27. The Morgan fingerprint density at radius 3 is 2.85 bits per heavy atom. The minimum Gasteiger partial charge on any atom is -0.480 e. The maximum Gasteiger partial charge on any atom is 0.328 e. The number of carboxylic acids is 1. The monoisotopic (exact) mass is 276 g/mol. The van der Waals surface area contributed by atoms with Crippen molar-refractivity contribution >= 4 is 17.6 Å². The van der Waals surface area contributed by atoms with Crippen molar-refractivity contribution in [2.75, 3.05) is 18.0 Å². The van der Waals surface area contributed by atoms with E-state index in [1.54, 1.807) is 0 Å². The number of aryl methyl sites for hydroxylation is 2. The number of carbonyl (C=O) groups excluding carboxylic acids is 1. The van der Waals surface area contributed by atoms with Gasteiger partial charge in [0.05, 0.1) is 0 Å². The fourth-order valence-corrected chi connectivity index (χ4v) is 2.64. The number of amides is 1. The number of fused-ring (bicyclic) bond motifs is 1. The molecule has 0 bridgehead atoms. The topological polar surface area (TPSA) is 69.6 Å². The molecule has 0 spiro atoms. The molecule has 1 amide bonds. The number of aliphatic carboxylic acids is 1. The van der Waals surface area contributed by atoms with Crippen LogP contribution in [0.3, 0.4) is 0 Å². The molecule has 0 saturated heterocycles. The van der Waals surface area contributed by atoms with Gasteiger partial charge in [-0.3, -0.25) is 4.79 Å². The normalized spacial score (nSPS) is 15.4. The van der Waals surface area contributed by atoms with E-state index in [1.807, 2.05) is 17.0 Å². The summed E-state index contributed by atoms with van der Waals surface area (Å²) in [5, 5.41) is 11.7. The molecule has 0 aromatic heterocycles. The van der Waals surface area contributed by atoms with Crippen molar-refractivity contribution in [2.24, 2.45) is 0 Å². The summed E-state index contributed by atoms with van der Waals surface area (Å²) in [6.45, 7) is 4.50. The molecule has 2 rings (SSSR count). The lowest BCUT2D eigenvalue weighted by molar-refractivity contribution is -0.141. The van der Waals surface area contributed by atoms with Gasteiger partial charge in [-0.2, -0.15) is 0 Å². The Morgan fingerprint density at radius 1 is 1.45 bits per heavy atom.